The van der Waals surface area contributed by atoms with E-state index in [4.69, 9.17) is 16.3 Å². The molecule has 0 aliphatic carbocycles. The van der Waals surface area contributed by atoms with Crippen molar-refractivity contribution in [2.24, 2.45) is 5.92 Å². The summed E-state index contributed by atoms with van der Waals surface area (Å²) in [7, 11) is 0. The Morgan fingerprint density at radius 2 is 2.05 bits per heavy atom. The summed E-state index contributed by atoms with van der Waals surface area (Å²) >= 11 is 7.56. The summed E-state index contributed by atoms with van der Waals surface area (Å²) in [4.78, 5) is 24.3. The third-order valence-electron chi connectivity index (χ3n) is 3.58. The zero-order chi connectivity index (χ0) is 15.2. The molecule has 2 atom stereocenters. The van der Waals surface area contributed by atoms with Crippen molar-refractivity contribution in [1.29, 1.82) is 0 Å². The smallest absolute Gasteiger partial charge is 0.306 e. The first-order valence-corrected chi connectivity index (χ1v) is 8.61. The molecular formula is C16H19ClO3S. The van der Waals surface area contributed by atoms with Crippen LogP contribution in [0.4, 0.5) is 0 Å². The van der Waals surface area contributed by atoms with Gasteiger partial charge in [-0.15, -0.1) is 0 Å². The average Bonchev–Trinajstić information content (AvgIpc) is 2.48. The molecule has 114 valence electrons. The molecule has 0 N–H and O–H groups in total. The van der Waals surface area contributed by atoms with Crippen molar-refractivity contribution in [3.63, 3.8) is 0 Å². The van der Waals surface area contributed by atoms with Crippen molar-refractivity contribution in [2.45, 2.75) is 31.4 Å². The number of ketones is 1. The monoisotopic (exact) mass is 326 g/mol. The first kappa shape index (κ1) is 16.4. The van der Waals surface area contributed by atoms with Gasteiger partial charge in [-0.1, -0.05) is 11.6 Å². The molecule has 0 radical (unpaired) electrons. The first-order valence-electron chi connectivity index (χ1n) is 7.18. The molecule has 0 bridgehead atoms. The van der Waals surface area contributed by atoms with Gasteiger partial charge >= 0.3 is 5.97 Å². The molecule has 0 amide bonds. The Hall–Kier alpha value is -1.00. The summed E-state index contributed by atoms with van der Waals surface area (Å²) in [5, 5.41) is 0.633. The largest absolute Gasteiger partial charge is 0.466 e. The van der Waals surface area contributed by atoms with E-state index in [0.29, 0.717) is 23.6 Å². The van der Waals surface area contributed by atoms with Gasteiger partial charge in [0, 0.05) is 21.8 Å². The van der Waals surface area contributed by atoms with Crippen LogP contribution in [0, 0.1) is 5.92 Å². The number of ether oxygens (including phenoxy) is 1. The van der Waals surface area contributed by atoms with Gasteiger partial charge in [0.25, 0.3) is 0 Å². The van der Waals surface area contributed by atoms with E-state index < -0.39 is 0 Å². The Morgan fingerprint density at radius 1 is 1.33 bits per heavy atom. The maximum atomic E-state index is 12.7. The summed E-state index contributed by atoms with van der Waals surface area (Å²) in [6.07, 6.45) is 2.15. The maximum absolute atomic E-state index is 12.7. The Bertz CT molecular complexity index is 501. The fraction of sp³-hybridized carbons (Fsp3) is 0.500. The number of esters is 1. The zero-order valence-electron chi connectivity index (χ0n) is 12.0. The molecule has 1 aliphatic rings. The van der Waals surface area contributed by atoms with Crippen LogP contribution in [0.25, 0.3) is 0 Å². The summed E-state index contributed by atoms with van der Waals surface area (Å²) in [5.41, 5.74) is 0.667. The molecule has 5 heteroatoms. The SMILES string of the molecule is CCOC(=O)C[C@@H]1SCCC[C@H]1C(=O)c1ccc(Cl)cc1. The van der Waals surface area contributed by atoms with E-state index >= 15 is 0 Å². The summed E-state index contributed by atoms with van der Waals surface area (Å²) in [5.74, 6) is 0.766. The predicted molar refractivity (Wildman–Crippen MR) is 86.0 cm³/mol. The zero-order valence-corrected chi connectivity index (χ0v) is 13.6. The number of halogens is 1. The number of thioether (sulfide) groups is 1. The van der Waals surface area contributed by atoms with Crippen LogP contribution in [0.1, 0.15) is 36.5 Å². The van der Waals surface area contributed by atoms with Gasteiger partial charge in [0.05, 0.1) is 13.0 Å². The number of benzene rings is 1. The van der Waals surface area contributed by atoms with Crippen molar-refractivity contribution in [3.05, 3.63) is 34.9 Å². The summed E-state index contributed by atoms with van der Waals surface area (Å²) in [6, 6.07) is 6.97. The van der Waals surface area contributed by atoms with Gasteiger partial charge in [-0.25, -0.2) is 0 Å². The van der Waals surface area contributed by atoms with E-state index in [2.05, 4.69) is 0 Å². The van der Waals surface area contributed by atoms with Crippen molar-refractivity contribution in [1.82, 2.24) is 0 Å². The minimum Gasteiger partial charge on any atom is -0.466 e. The molecule has 0 spiro atoms. The lowest BCUT2D eigenvalue weighted by molar-refractivity contribution is -0.143. The average molecular weight is 327 g/mol. The normalized spacial score (nSPS) is 21.8. The van der Waals surface area contributed by atoms with Crippen LogP contribution in [0.3, 0.4) is 0 Å². The second-order valence-electron chi connectivity index (χ2n) is 5.04. The second-order valence-corrected chi connectivity index (χ2v) is 6.82. The maximum Gasteiger partial charge on any atom is 0.306 e. The van der Waals surface area contributed by atoms with Crippen LogP contribution >= 0.6 is 23.4 Å². The van der Waals surface area contributed by atoms with Gasteiger partial charge in [0.15, 0.2) is 5.78 Å². The van der Waals surface area contributed by atoms with Gasteiger partial charge in [-0.3, -0.25) is 9.59 Å². The molecule has 1 aromatic rings. The van der Waals surface area contributed by atoms with E-state index in [-0.39, 0.29) is 22.9 Å². The molecule has 21 heavy (non-hydrogen) atoms. The number of rotatable bonds is 5. The topological polar surface area (TPSA) is 43.4 Å². The van der Waals surface area contributed by atoms with Crippen LogP contribution < -0.4 is 0 Å². The Labute approximate surface area is 134 Å². The molecule has 1 aliphatic heterocycles. The van der Waals surface area contributed by atoms with Gasteiger partial charge in [0.1, 0.15) is 0 Å². The quantitative estimate of drug-likeness (QED) is 0.606. The Kier molecular flexibility index (Phi) is 6.12. The first-order chi connectivity index (χ1) is 10.1. The van der Waals surface area contributed by atoms with Crippen LogP contribution in [0.2, 0.25) is 5.02 Å². The molecule has 3 nitrogen and oxygen atoms in total. The van der Waals surface area contributed by atoms with E-state index in [1.54, 1.807) is 43.0 Å². The van der Waals surface area contributed by atoms with Crippen LogP contribution in [0.15, 0.2) is 24.3 Å². The molecule has 1 aromatic carbocycles. The highest BCUT2D eigenvalue weighted by atomic mass is 35.5. The standard InChI is InChI=1S/C16H19ClO3S/c1-2-20-15(18)10-14-13(4-3-9-21-14)16(19)11-5-7-12(17)8-6-11/h5-8,13-14H,2-4,9-10H2,1H3/t13-,14+/m1/s1. The molecular weight excluding hydrogens is 308 g/mol. The van der Waals surface area contributed by atoms with Crippen molar-refractivity contribution in [3.8, 4) is 0 Å². The highest BCUT2D eigenvalue weighted by Gasteiger charge is 2.33. The molecule has 1 saturated heterocycles. The fourth-order valence-electron chi connectivity index (χ4n) is 2.55. The Morgan fingerprint density at radius 3 is 2.71 bits per heavy atom. The van der Waals surface area contributed by atoms with Gasteiger partial charge in [-0.05, 0) is 49.8 Å². The molecule has 0 saturated carbocycles. The van der Waals surface area contributed by atoms with Crippen molar-refractivity contribution < 1.29 is 14.3 Å². The third-order valence-corrected chi connectivity index (χ3v) is 5.28. The summed E-state index contributed by atoms with van der Waals surface area (Å²) in [6.45, 7) is 2.17. The second kappa shape index (κ2) is 7.85. The van der Waals surface area contributed by atoms with Gasteiger partial charge in [-0.2, -0.15) is 11.8 Å². The molecule has 0 unspecified atom stereocenters. The van der Waals surface area contributed by atoms with E-state index in [1.165, 1.54) is 0 Å². The number of Topliss-reactive ketones (excluding diaryl/α,β-unsaturated/α-hetero) is 1. The molecule has 1 heterocycles. The molecule has 0 aromatic heterocycles. The number of carbonyl (C=O) groups is 2. The lowest BCUT2D eigenvalue weighted by atomic mass is 9.88. The highest BCUT2D eigenvalue weighted by Crippen LogP contribution is 2.35. The lowest BCUT2D eigenvalue weighted by Gasteiger charge is -2.29. The minimum absolute atomic E-state index is 0.0148. The van der Waals surface area contributed by atoms with E-state index in [9.17, 15) is 9.59 Å². The lowest BCUT2D eigenvalue weighted by Crippen LogP contribution is -2.32. The van der Waals surface area contributed by atoms with Crippen LogP contribution in [-0.4, -0.2) is 29.4 Å². The highest BCUT2D eigenvalue weighted by molar-refractivity contribution is 8.00. The predicted octanol–water partition coefficient (Wildman–Crippen LogP) is 3.99. The number of hydrogen-bond acceptors (Lipinski definition) is 4. The Balaban J connectivity index is 2.08. The van der Waals surface area contributed by atoms with Crippen LogP contribution in [0.5, 0.6) is 0 Å². The molecule has 2 rings (SSSR count). The van der Waals surface area contributed by atoms with Crippen molar-refractivity contribution in [2.75, 3.05) is 12.4 Å². The molecule has 1 fully saturated rings. The number of hydrogen-bond donors (Lipinski definition) is 0. The van der Waals surface area contributed by atoms with Crippen LogP contribution in [-0.2, 0) is 9.53 Å². The summed E-state index contributed by atoms with van der Waals surface area (Å²) < 4.78 is 5.01. The third kappa shape index (κ3) is 4.48. The fourth-order valence-corrected chi connectivity index (χ4v) is 4.06. The van der Waals surface area contributed by atoms with Gasteiger partial charge in [0.2, 0.25) is 0 Å². The van der Waals surface area contributed by atoms with Gasteiger partial charge < -0.3 is 4.74 Å². The minimum atomic E-state index is -0.217. The van der Waals surface area contributed by atoms with E-state index in [1.807, 2.05) is 0 Å². The van der Waals surface area contributed by atoms with Crippen molar-refractivity contribution >= 4 is 35.1 Å². The van der Waals surface area contributed by atoms with E-state index in [0.717, 1.165) is 18.6 Å². The number of carbonyl (C=O) groups excluding carboxylic acids is 2.